The summed E-state index contributed by atoms with van der Waals surface area (Å²) in [5.74, 6) is 1.39. The fourth-order valence-corrected chi connectivity index (χ4v) is 3.84. The molecule has 0 spiro atoms. The molecule has 5 nitrogen and oxygen atoms in total. The molecule has 0 unspecified atom stereocenters. The zero-order valence-corrected chi connectivity index (χ0v) is 14.7. The molecule has 1 amide bonds. The Labute approximate surface area is 144 Å². The Morgan fingerprint density at radius 2 is 2.12 bits per heavy atom. The first-order valence-electron chi connectivity index (χ1n) is 8.99. The van der Waals surface area contributed by atoms with Crippen LogP contribution in [0.4, 0.5) is 0 Å². The first-order valence-corrected chi connectivity index (χ1v) is 8.99. The second-order valence-electron chi connectivity index (χ2n) is 6.80. The summed E-state index contributed by atoms with van der Waals surface area (Å²) in [4.78, 5) is 14.8. The van der Waals surface area contributed by atoms with Crippen LogP contribution in [0, 0.1) is 6.92 Å². The van der Waals surface area contributed by atoms with Crippen molar-refractivity contribution in [2.24, 2.45) is 0 Å². The Bertz CT molecular complexity index is 576. The molecule has 1 aromatic carbocycles. The number of likely N-dealkylation sites (tertiary alicyclic amines) is 1. The highest BCUT2D eigenvalue weighted by Gasteiger charge is 2.35. The monoisotopic (exact) mass is 332 g/mol. The maximum Gasteiger partial charge on any atom is 0.260 e. The number of hydrogen-bond donors (Lipinski definition) is 1. The molecule has 3 rings (SSSR count). The van der Waals surface area contributed by atoms with E-state index in [1.807, 2.05) is 30.0 Å². The van der Waals surface area contributed by atoms with Crippen molar-refractivity contribution in [3.63, 3.8) is 0 Å². The van der Waals surface area contributed by atoms with Crippen molar-refractivity contribution in [2.75, 3.05) is 26.8 Å². The SMILES string of the molecule is COc1cc(C)ccc1OCC(=O)N1CCCCC[C@H]2NCC[C@@H]21. The molecule has 2 fully saturated rings. The second-order valence-corrected chi connectivity index (χ2v) is 6.80. The lowest BCUT2D eigenvalue weighted by molar-refractivity contribution is -0.136. The molecule has 2 aliphatic rings. The molecular weight excluding hydrogens is 304 g/mol. The average molecular weight is 332 g/mol. The number of nitrogens with zero attached hydrogens (tertiary/aromatic N) is 1. The molecule has 2 atom stereocenters. The summed E-state index contributed by atoms with van der Waals surface area (Å²) in [7, 11) is 1.62. The van der Waals surface area contributed by atoms with E-state index in [0.29, 0.717) is 23.6 Å². The first-order chi connectivity index (χ1) is 11.7. The van der Waals surface area contributed by atoms with E-state index in [1.165, 1.54) is 19.3 Å². The van der Waals surface area contributed by atoms with Gasteiger partial charge < -0.3 is 19.7 Å². The van der Waals surface area contributed by atoms with Crippen LogP contribution in [-0.4, -0.2) is 49.7 Å². The zero-order valence-electron chi connectivity index (χ0n) is 14.7. The summed E-state index contributed by atoms with van der Waals surface area (Å²) < 4.78 is 11.1. The van der Waals surface area contributed by atoms with E-state index in [0.717, 1.165) is 31.5 Å². The summed E-state index contributed by atoms with van der Waals surface area (Å²) in [6.07, 6.45) is 5.75. The van der Waals surface area contributed by atoms with Crippen molar-refractivity contribution in [2.45, 2.75) is 51.1 Å². The van der Waals surface area contributed by atoms with Crippen LogP contribution in [0.25, 0.3) is 0 Å². The minimum Gasteiger partial charge on any atom is -0.493 e. The smallest absolute Gasteiger partial charge is 0.260 e. The Morgan fingerprint density at radius 3 is 2.96 bits per heavy atom. The Hall–Kier alpha value is -1.75. The van der Waals surface area contributed by atoms with E-state index >= 15 is 0 Å². The summed E-state index contributed by atoms with van der Waals surface area (Å²) in [6, 6.07) is 6.53. The fraction of sp³-hybridized carbons (Fsp3) is 0.632. The number of aryl methyl sites for hydroxylation is 1. The summed E-state index contributed by atoms with van der Waals surface area (Å²) in [5.41, 5.74) is 1.11. The van der Waals surface area contributed by atoms with Crippen LogP contribution in [0.3, 0.4) is 0 Å². The van der Waals surface area contributed by atoms with E-state index in [1.54, 1.807) is 7.11 Å². The Kier molecular flexibility index (Phi) is 5.61. The van der Waals surface area contributed by atoms with Crippen molar-refractivity contribution in [3.8, 4) is 11.5 Å². The lowest BCUT2D eigenvalue weighted by atomic mass is 9.98. The topological polar surface area (TPSA) is 50.8 Å². The third-order valence-electron chi connectivity index (χ3n) is 5.12. The van der Waals surface area contributed by atoms with Crippen molar-refractivity contribution >= 4 is 5.91 Å². The van der Waals surface area contributed by atoms with Gasteiger partial charge in [-0.2, -0.15) is 0 Å². The molecule has 2 saturated heterocycles. The lowest BCUT2D eigenvalue weighted by Gasteiger charge is -2.34. The van der Waals surface area contributed by atoms with Gasteiger partial charge in [0.15, 0.2) is 18.1 Å². The molecule has 1 aromatic rings. The number of carbonyl (C=O) groups is 1. The van der Waals surface area contributed by atoms with E-state index in [2.05, 4.69) is 5.32 Å². The summed E-state index contributed by atoms with van der Waals surface area (Å²) in [5, 5.41) is 3.55. The number of hydrogen-bond acceptors (Lipinski definition) is 4. The van der Waals surface area contributed by atoms with Gasteiger partial charge in [0.2, 0.25) is 0 Å². The molecule has 0 aromatic heterocycles. The van der Waals surface area contributed by atoms with Crippen LogP contribution in [0.2, 0.25) is 0 Å². The predicted octanol–water partition coefficient (Wildman–Crippen LogP) is 2.52. The second kappa shape index (κ2) is 7.88. The standard InChI is InChI=1S/C19H28N2O3/c1-14-7-8-17(18(12-14)23-2)24-13-19(22)21-11-5-3-4-6-15-16(21)9-10-20-15/h7-8,12,15-16,20H,3-6,9-11,13H2,1-2H3/t15-,16+/m1/s1. The number of rotatable bonds is 4. The third kappa shape index (κ3) is 3.83. The van der Waals surface area contributed by atoms with E-state index in [4.69, 9.17) is 9.47 Å². The molecule has 1 N–H and O–H groups in total. The fourth-order valence-electron chi connectivity index (χ4n) is 3.84. The van der Waals surface area contributed by atoms with Crippen LogP contribution < -0.4 is 14.8 Å². The molecule has 24 heavy (non-hydrogen) atoms. The highest BCUT2D eigenvalue weighted by atomic mass is 16.5. The summed E-state index contributed by atoms with van der Waals surface area (Å²) in [6.45, 7) is 3.93. The highest BCUT2D eigenvalue weighted by Crippen LogP contribution is 2.28. The van der Waals surface area contributed by atoms with Crippen molar-refractivity contribution in [3.05, 3.63) is 23.8 Å². The Morgan fingerprint density at radius 1 is 1.25 bits per heavy atom. The normalized spacial score (nSPS) is 24.0. The van der Waals surface area contributed by atoms with Gasteiger partial charge in [0.1, 0.15) is 0 Å². The number of fused-ring (bicyclic) bond motifs is 1. The van der Waals surface area contributed by atoms with Crippen LogP contribution in [-0.2, 0) is 4.79 Å². The van der Waals surface area contributed by atoms with Gasteiger partial charge in [0, 0.05) is 18.6 Å². The minimum atomic E-state index is 0.0721. The lowest BCUT2D eigenvalue weighted by Crippen LogP contribution is -2.49. The average Bonchev–Trinajstić information content (AvgIpc) is 3.01. The van der Waals surface area contributed by atoms with Gasteiger partial charge in [0.25, 0.3) is 5.91 Å². The van der Waals surface area contributed by atoms with Crippen LogP contribution in [0.5, 0.6) is 11.5 Å². The van der Waals surface area contributed by atoms with E-state index in [9.17, 15) is 4.79 Å². The molecule has 0 saturated carbocycles. The van der Waals surface area contributed by atoms with Crippen molar-refractivity contribution in [1.29, 1.82) is 0 Å². The zero-order chi connectivity index (χ0) is 16.9. The number of nitrogens with one attached hydrogen (secondary N) is 1. The van der Waals surface area contributed by atoms with E-state index in [-0.39, 0.29) is 12.5 Å². The molecule has 2 heterocycles. The van der Waals surface area contributed by atoms with Gasteiger partial charge >= 0.3 is 0 Å². The van der Waals surface area contributed by atoms with Crippen LogP contribution >= 0.6 is 0 Å². The number of ether oxygens (including phenoxy) is 2. The third-order valence-corrected chi connectivity index (χ3v) is 5.12. The van der Waals surface area contributed by atoms with Crippen molar-refractivity contribution < 1.29 is 14.3 Å². The van der Waals surface area contributed by atoms with Gasteiger partial charge in [-0.1, -0.05) is 18.9 Å². The molecule has 0 bridgehead atoms. The summed E-state index contributed by atoms with van der Waals surface area (Å²) >= 11 is 0. The maximum absolute atomic E-state index is 12.8. The predicted molar refractivity (Wildman–Crippen MR) is 93.6 cm³/mol. The largest absolute Gasteiger partial charge is 0.493 e. The Balaban J connectivity index is 1.65. The molecular formula is C19H28N2O3. The highest BCUT2D eigenvalue weighted by molar-refractivity contribution is 5.78. The molecule has 132 valence electrons. The van der Waals surface area contributed by atoms with Gasteiger partial charge in [0.05, 0.1) is 7.11 Å². The quantitative estimate of drug-likeness (QED) is 0.920. The number of benzene rings is 1. The van der Waals surface area contributed by atoms with Crippen LogP contribution in [0.15, 0.2) is 18.2 Å². The molecule has 5 heteroatoms. The van der Waals surface area contributed by atoms with E-state index < -0.39 is 0 Å². The number of methoxy groups -OCH3 is 1. The maximum atomic E-state index is 12.8. The first kappa shape index (κ1) is 17.1. The molecule has 2 aliphatic heterocycles. The number of carbonyl (C=O) groups excluding carboxylic acids is 1. The number of amides is 1. The van der Waals surface area contributed by atoms with Gasteiger partial charge in [-0.25, -0.2) is 0 Å². The molecule has 0 aliphatic carbocycles. The minimum absolute atomic E-state index is 0.0721. The van der Waals surface area contributed by atoms with Gasteiger partial charge in [-0.3, -0.25) is 4.79 Å². The van der Waals surface area contributed by atoms with Gasteiger partial charge in [-0.15, -0.1) is 0 Å². The van der Waals surface area contributed by atoms with Gasteiger partial charge in [-0.05, 0) is 50.4 Å². The van der Waals surface area contributed by atoms with Crippen molar-refractivity contribution in [1.82, 2.24) is 10.2 Å². The molecule has 0 radical (unpaired) electrons. The van der Waals surface area contributed by atoms with Crippen LogP contribution in [0.1, 0.15) is 37.7 Å².